The fourth-order valence-electron chi connectivity index (χ4n) is 2.48. The molecule has 1 N–H and O–H groups in total. The Hall–Kier alpha value is -0.470. The lowest BCUT2D eigenvalue weighted by molar-refractivity contribution is 0.687. The zero-order valence-corrected chi connectivity index (χ0v) is 11.1. The van der Waals surface area contributed by atoms with Crippen LogP contribution < -0.4 is 5.32 Å². The predicted octanol–water partition coefficient (Wildman–Crippen LogP) is 3.97. The molecule has 2 aliphatic carbocycles. The number of benzene rings is 1. The number of rotatable bonds is 5. The molecule has 0 saturated heterocycles. The van der Waals surface area contributed by atoms with Crippen LogP contribution in [0.2, 0.25) is 0 Å². The van der Waals surface area contributed by atoms with Crippen molar-refractivity contribution < 1.29 is 0 Å². The van der Waals surface area contributed by atoms with Gasteiger partial charge in [-0.3, -0.25) is 0 Å². The van der Waals surface area contributed by atoms with E-state index in [-0.39, 0.29) is 0 Å². The van der Waals surface area contributed by atoms with E-state index in [0.29, 0.717) is 0 Å². The van der Waals surface area contributed by atoms with Crippen molar-refractivity contribution in [2.45, 2.75) is 61.3 Å². The number of hydrogen-bond acceptors (Lipinski definition) is 2. The molecule has 1 nitrogen and oxygen atoms in total. The molecule has 0 spiro atoms. The number of nitrogens with one attached hydrogen (secondary N) is 1. The first-order chi connectivity index (χ1) is 8.40. The van der Waals surface area contributed by atoms with Crippen LogP contribution in [-0.2, 0) is 6.54 Å². The van der Waals surface area contributed by atoms with Gasteiger partial charge in [-0.05, 0) is 43.4 Å². The quantitative estimate of drug-likeness (QED) is 0.845. The Balaban J connectivity index is 1.56. The molecule has 2 heteroatoms. The van der Waals surface area contributed by atoms with E-state index in [1.165, 1.54) is 49.0 Å². The molecule has 2 fully saturated rings. The Bertz CT molecular complexity index is 367. The summed E-state index contributed by atoms with van der Waals surface area (Å²) in [5.74, 6) is 0. The third-order valence-electron chi connectivity index (χ3n) is 3.68. The normalized spacial score (nSPS) is 20.9. The van der Waals surface area contributed by atoms with Gasteiger partial charge in [0.2, 0.25) is 0 Å². The van der Waals surface area contributed by atoms with Gasteiger partial charge in [-0.15, -0.1) is 11.8 Å². The van der Waals surface area contributed by atoms with Crippen molar-refractivity contribution in [1.82, 2.24) is 5.32 Å². The Morgan fingerprint density at radius 2 is 1.94 bits per heavy atom. The molecule has 0 radical (unpaired) electrons. The smallest absolute Gasteiger partial charge is 0.0208 e. The van der Waals surface area contributed by atoms with E-state index in [9.17, 15) is 0 Å². The Morgan fingerprint density at radius 1 is 1.12 bits per heavy atom. The minimum atomic E-state index is 0.807. The molecule has 0 amide bonds. The van der Waals surface area contributed by atoms with Crippen LogP contribution in [0.25, 0.3) is 0 Å². The highest BCUT2D eigenvalue weighted by Crippen LogP contribution is 2.34. The molecule has 3 rings (SSSR count). The van der Waals surface area contributed by atoms with E-state index in [0.717, 1.165) is 17.8 Å². The van der Waals surface area contributed by atoms with Crippen LogP contribution in [0.1, 0.15) is 44.1 Å². The topological polar surface area (TPSA) is 12.0 Å². The Morgan fingerprint density at radius 3 is 2.71 bits per heavy atom. The summed E-state index contributed by atoms with van der Waals surface area (Å²) in [4.78, 5) is 1.46. The van der Waals surface area contributed by atoms with Crippen molar-refractivity contribution in [3.63, 3.8) is 0 Å². The summed E-state index contributed by atoms with van der Waals surface area (Å²) < 4.78 is 0. The van der Waals surface area contributed by atoms with Gasteiger partial charge >= 0.3 is 0 Å². The Kier molecular flexibility index (Phi) is 3.72. The minimum Gasteiger partial charge on any atom is -0.310 e. The molecule has 2 aliphatic rings. The fourth-order valence-corrected chi connectivity index (χ4v) is 3.81. The molecule has 0 bridgehead atoms. The van der Waals surface area contributed by atoms with Crippen molar-refractivity contribution >= 4 is 11.8 Å². The summed E-state index contributed by atoms with van der Waals surface area (Å²) in [5, 5.41) is 4.46. The van der Waals surface area contributed by atoms with Crippen LogP contribution in [0, 0.1) is 0 Å². The first kappa shape index (κ1) is 11.6. The maximum atomic E-state index is 3.58. The molecule has 2 saturated carbocycles. The van der Waals surface area contributed by atoms with Crippen LogP contribution in [0.4, 0.5) is 0 Å². The average molecular weight is 247 g/mol. The molecule has 0 heterocycles. The third-order valence-corrected chi connectivity index (χ3v) is 5.01. The highest BCUT2D eigenvalue weighted by molar-refractivity contribution is 8.00. The second-order valence-electron chi connectivity index (χ2n) is 5.33. The van der Waals surface area contributed by atoms with Gasteiger partial charge in [-0.2, -0.15) is 0 Å². The van der Waals surface area contributed by atoms with Crippen molar-refractivity contribution in [2.24, 2.45) is 0 Å². The van der Waals surface area contributed by atoms with Gasteiger partial charge in [-0.1, -0.05) is 25.0 Å². The summed E-state index contributed by atoms with van der Waals surface area (Å²) >= 11 is 2.09. The zero-order valence-electron chi connectivity index (χ0n) is 10.3. The molecule has 0 atom stereocenters. The van der Waals surface area contributed by atoms with Gasteiger partial charge in [-0.25, -0.2) is 0 Å². The first-order valence-corrected chi connectivity index (χ1v) is 7.77. The van der Waals surface area contributed by atoms with Gasteiger partial charge in [0.05, 0.1) is 0 Å². The molecule has 1 aromatic rings. The van der Waals surface area contributed by atoms with Gasteiger partial charge in [0.1, 0.15) is 0 Å². The summed E-state index contributed by atoms with van der Waals surface area (Å²) in [5.41, 5.74) is 1.44. The highest BCUT2D eigenvalue weighted by atomic mass is 32.2. The maximum absolute atomic E-state index is 3.58. The summed E-state index contributed by atoms with van der Waals surface area (Å²) in [6, 6.07) is 9.90. The van der Waals surface area contributed by atoms with Crippen LogP contribution in [0.15, 0.2) is 29.2 Å². The number of thioether (sulfide) groups is 1. The molecule has 0 aliphatic heterocycles. The largest absolute Gasteiger partial charge is 0.310 e. The second kappa shape index (κ2) is 5.45. The summed E-state index contributed by atoms with van der Waals surface area (Å²) in [7, 11) is 0. The summed E-state index contributed by atoms with van der Waals surface area (Å²) in [6.45, 7) is 1.05. The predicted molar refractivity (Wildman–Crippen MR) is 74.4 cm³/mol. The van der Waals surface area contributed by atoms with Crippen LogP contribution in [0.5, 0.6) is 0 Å². The van der Waals surface area contributed by atoms with E-state index in [4.69, 9.17) is 0 Å². The zero-order chi connectivity index (χ0) is 11.5. The van der Waals surface area contributed by atoms with Gasteiger partial charge in [0.15, 0.2) is 0 Å². The maximum Gasteiger partial charge on any atom is 0.0208 e. The standard InChI is InChI=1S/C15H21NS/c1-2-6-14(5-1)17-15-7-3-4-12(10-15)11-16-13-8-9-13/h3-4,7,10,13-14,16H,1-2,5-6,8-9,11H2. The van der Waals surface area contributed by atoms with Gasteiger partial charge < -0.3 is 5.32 Å². The first-order valence-electron chi connectivity index (χ1n) is 6.89. The van der Waals surface area contributed by atoms with Crippen LogP contribution in [0.3, 0.4) is 0 Å². The Labute approximate surface area is 108 Å². The molecule has 92 valence electrons. The average Bonchev–Trinajstić information content (AvgIpc) is 3.05. The molecular weight excluding hydrogens is 226 g/mol. The number of hydrogen-bond donors (Lipinski definition) is 1. The second-order valence-corrected chi connectivity index (χ2v) is 6.70. The lowest BCUT2D eigenvalue weighted by Crippen LogP contribution is -2.15. The monoisotopic (exact) mass is 247 g/mol. The van der Waals surface area contributed by atoms with Crippen molar-refractivity contribution in [3.05, 3.63) is 29.8 Å². The van der Waals surface area contributed by atoms with Crippen molar-refractivity contribution in [2.75, 3.05) is 0 Å². The minimum absolute atomic E-state index is 0.807. The SMILES string of the molecule is c1cc(CNC2CC2)cc(SC2CCCC2)c1. The fraction of sp³-hybridized carbons (Fsp3) is 0.600. The van der Waals surface area contributed by atoms with Crippen molar-refractivity contribution in [1.29, 1.82) is 0 Å². The van der Waals surface area contributed by atoms with E-state index in [2.05, 4.69) is 41.3 Å². The highest BCUT2D eigenvalue weighted by Gasteiger charge is 2.20. The van der Waals surface area contributed by atoms with E-state index >= 15 is 0 Å². The van der Waals surface area contributed by atoms with Gasteiger partial charge in [0.25, 0.3) is 0 Å². The van der Waals surface area contributed by atoms with Crippen LogP contribution >= 0.6 is 11.8 Å². The molecule has 1 aromatic carbocycles. The molecule has 0 unspecified atom stereocenters. The van der Waals surface area contributed by atoms with Gasteiger partial charge in [0, 0.05) is 22.7 Å². The van der Waals surface area contributed by atoms with Crippen molar-refractivity contribution in [3.8, 4) is 0 Å². The molecular formula is C15H21NS. The summed E-state index contributed by atoms with van der Waals surface area (Å²) in [6.07, 6.45) is 8.43. The third kappa shape index (κ3) is 3.49. The van der Waals surface area contributed by atoms with E-state index < -0.39 is 0 Å². The van der Waals surface area contributed by atoms with Crippen LogP contribution in [-0.4, -0.2) is 11.3 Å². The molecule has 17 heavy (non-hydrogen) atoms. The van der Waals surface area contributed by atoms with E-state index in [1.54, 1.807) is 0 Å². The van der Waals surface area contributed by atoms with E-state index in [1.807, 2.05) is 0 Å². The lowest BCUT2D eigenvalue weighted by Gasteiger charge is -2.10. The molecule has 0 aromatic heterocycles. The lowest BCUT2D eigenvalue weighted by atomic mass is 10.2.